The zero-order valence-electron chi connectivity index (χ0n) is 28.7. The number of carbonyl (C=O) groups excluding carboxylic acids is 2. The van der Waals surface area contributed by atoms with E-state index in [9.17, 15) is 9.59 Å². The van der Waals surface area contributed by atoms with E-state index in [1.165, 1.54) is 0 Å². The standard InChI is InChI=1S/C37H42ClN7O5/c1-22-27(6-5-7-29(22)43-36(47)31-14-25(32(49-3)17-41-31)20-45-18-23(19-45)21-48-2)35-34(38)28(12-13-40-35)30-10-8-24(37(44-30)50-4)15-39-16-26-9-11-33(46)42-26/h5-8,10,12-14,17,23,26,39H,9,11,15-16,18-21H2,1-4H3,(H,42,46)(H,43,47)/t26-/m1/s1. The van der Waals surface area contributed by atoms with Crippen molar-refractivity contribution in [1.82, 2.24) is 30.5 Å². The number of aromatic nitrogens is 3. The molecule has 0 saturated carbocycles. The molecule has 0 bridgehead atoms. The number of benzene rings is 1. The summed E-state index contributed by atoms with van der Waals surface area (Å²) in [6.45, 7) is 6.38. The molecule has 2 fully saturated rings. The number of nitrogens with zero attached hydrogens (tertiary/aromatic N) is 4. The molecule has 1 aromatic carbocycles. The minimum absolute atomic E-state index is 0.0929. The van der Waals surface area contributed by atoms with Gasteiger partial charge in [0.2, 0.25) is 11.8 Å². The fourth-order valence-electron chi connectivity index (χ4n) is 6.49. The molecule has 262 valence electrons. The summed E-state index contributed by atoms with van der Waals surface area (Å²) in [6.07, 6.45) is 4.68. The van der Waals surface area contributed by atoms with Gasteiger partial charge >= 0.3 is 0 Å². The molecule has 0 radical (unpaired) electrons. The Hall–Kier alpha value is -4.62. The van der Waals surface area contributed by atoms with Crippen LogP contribution in [0.25, 0.3) is 22.5 Å². The largest absolute Gasteiger partial charge is 0.495 e. The Kier molecular flexibility index (Phi) is 11.2. The molecule has 0 unspecified atom stereocenters. The van der Waals surface area contributed by atoms with E-state index in [0.29, 0.717) is 77.0 Å². The lowest BCUT2D eigenvalue weighted by atomic mass is 10.00. The summed E-state index contributed by atoms with van der Waals surface area (Å²) in [7, 11) is 4.91. The average Bonchev–Trinajstić information content (AvgIpc) is 3.53. The van der Waals surface area contributed by atoms with Crippen LogP contribution >= 0.6 is 11.6 Å². The zero-order chi connectivity index (χ0) is 35.2. The number of pyridine rings is 3. The maximum absolute atomic E-state index is 13.5. The second kappa shape index (κ2) is 15.9. The highest BCUT2D eigenvalue weighted by atomic mass is 35.5. The third-order valence-corrected chi connectivity index (χ3v) is 9.54. The van der Waals surface area contributed by atoms with Gasteiger partial charge in [0, 0.05) is 92.4 Å². The van der Waals surface area contributed by atoms with Crippen LogP contribution in [0, 0.1) is 12.8 Å². The lowest BCUT2D eigenvalue weighted by Crippen LogP contribution is -2.47. The smallest absolute Gasteiger partial charge is 0.274 e. The summed E-state index contributed by atoms with van der Waals surface area (Å²) in [5.74, 6) is 1.40. The van der Waals surface area contributed by atoms with E-state index in [1.54, 1.807) is 39.8 Å². The van der Waals surface area contributed by atoms with Crippen molar-refractivity contribution in [3.63, 3.8) is 0 Å². The number of likely N-dealkylation sites (tertiary alicyclic amines) is 1. The van der Waals surface area contributed by atoms with E-state index < -0.39 is 0 Å². The van der Waals surface area contributed by atoms with Crippen molar-refractivity contribution in [3.05, 3.63) is 82.3 Å². The highest BCUT2D eigenvalue weighted by Gasteiger charge is 2.28. The average molecular weight is 700 g/mol. The van der Waals surface area contributed by atoms with Crippen molar-refractivity contribution < 1.29 is 23.8 Å². The Morgan fingerprint density at radius 3 is 2.64 bits per heavy atom. The first-order chi connectivity index (χ1) is 24.3. The third-order valence-electron chi connectivity index (χ3n) is 9.16. The molecule has 2 amide bonds. The van der Waals surface area contributed by atoms with Gasteiger partial charge < -0.3 is 30.2 Å². The van der Waals surface area contributed by atoms with Gasteiger partial charge in [-0.1, -0.05) is 29.8 Å². The van der Waals surface area contributed by atoms with Crippen LogP contribution in [0.4, 0.5) is 5.69 Å². The number of nitrogens with one attached hydrogen (secondary N) is 3. The number of hydrogen-bond acceptors (Lipinski definition) is 10. The Balaban J connectivity index is 1.18. The van der Waals surface area contributed by atoms with E-state index in [1.807, 2.05) is 43.3 Å². The SMILES string of the molecule is COCC1CN(Cc2cc(C(=O)Nc3cccc(-c4nccc(-c5ccc(CNC[C@H]6CCC(=O)N6)c(OC)n5)c4Cl)c3C)ncc2OC)C1. The van der Waals surface area contributed by atoms with E-state index in [0.717, 1.165) is 48.4 Å². The van der Waals surface area contributed by atoms with Crippen molar-refractivity contribution in [2.45, 2.75) is 38.9 Å². The molecule has 2 aliphatic rings. The minimum Gasteiger partial charge on any atom is -0.495 e. The molecule has 3 N–H and O–H groups in total. The van der Waals surface area contributed by atoms with Crippen LogP contribution in [-0.4, -0.2) is 85.3 Å². The minimum atomic E-state index is -0.332. The highest BCUT2D eigenvalue weighted by molar-refractivity contribution is 6.35. The maximum Gasteiger partial charge on any atom is 0.274 e. The summed E-state index contributed by atoms with van der Waals surface area (Å²) in [4.78, 5) is 41.1. The first-order valence-electron chi connectivity index (χ1n) is 16.6. The van der Waals surface area contributed by atoms with Crippen molar-refractivity contribution in [2.24, 2.45) is 5.92 Å². The molecule has 6 rings (SSSR count). The van der Waals surface area contributed by atoms with Gasteiger partial charge in [0.25, 0.3) is 5.91 Å². The van der Waals surface area contributed by atoms with E-state index in [2.05, 4.69) is 30.8 Å². The van der Waals surface area contributed by atoms with Gasteiger partial charge in [-0.15, -0.1) is 0 Å². The van der Waals surface area contributed by atoms with Crippen molar-refractivity contribution in [1.29, 1.82) is 0 Å². The molecular formula is C37H42ClN7O5. The molecule has 5 heterocycles. The van der Waals surface area contributed by atoms with Crippen molar-refractivity contribution in [2.75, 3.05) is 52.9 Å². The summed E-state index contributed by atoms with van der Waals surface area (Å²) in [6, 6.07) is 13.2. The molecule has 4 aromatic rings. The number of ether oxygens (including phenoxy) is 3. The van der Waals surface area contributed by atoms with Crippen LogP contribution in [0.15, 0.2) is 54.9 Å². The first kappa shape index (κ1) is 35.2. The van der Waals surface area contributed by atoms with Gasteiger partial charge in [0.15, 0.2) is 0 Å². The van der Waals surface area contributed by atoms with Crippen LogP contribution in [0.1, 0.15) is 40.0 Å². The molecule has 12 nitrogen and oxygen atoms in total. The van der Waals surface area contributed by atoms with Gasteiger partial charge in [0.1, 0.15) is 11.4 Å². The van der Waals surface area contributed by atoms with Crippen molar-refractivity contribution >= 4 is 29.1 Å². The van der Waals surface area contributed by atoms with Crippen LogP contribution in [0.3, 0.4) is 0 Å². The predicted molar refractivity (Wildman–Crippen MR) is 191 cm³/mol. The van der Waals surface area contributed by atoms with Gasteiger partial charge in [-0.25, -0.2) is 9.97 Å². The van der Waals surface area contributed by atoms with E-state index in [-0.39, 0.29) is 17.9 Å². The van der Waals surface area contributed by atoms with Crippen molar-refractivity contribution in [3.8, 4) is 34.1 Å². The molecule has 1 atom stereocenters. The summed E-state index contributed by atoms with van der Waals surface area (Å²) in [5.41, 5.74) is 6.17. The van der Waals surface area contributed by atoms with E-state index in [4.69, 9.17) is 30.8 Å². The number of amides is 2. The summed E-state index contributed by atoms with van der Waals surface area (Å²) < 4.78 is 16.4. The maximum atomic E-state index is 13.5. The fraction of sp³-hybridized carbons (Fsp3) is 0.378. The molecular weight excluding hydrogens is 658 g/mol. The zero-order valence-corrected chi connectivity index (χ0v) is 29.5. The summed E-state index contributed by atoms with van der Waals surface area (Å²) in [5, 5.41) is 9.81. The normalized spacial score (nSPS) is 16.2. The molecule has 2 aliphatic heterocycles. The van der Waals surface area contributed by atoms with E-state index >= 15 is 0 Å². The topological polar surface area (TPSA) is 140 Å². The number of halogens is 1. The van der Waals surface area contributed by atoms with Crippen LogP contribution < -0.4 is 25.4 Å². The van der Waals surface area contributed by atoms with Crippen LogP contribution in [0.5, 0.6) is 11.6 Å². The Morgan fingerprint density at radius 2 is 1.90 bits per heavy atom. The van der Waals surface area contributed by atoms with Gasteiger partial charge in [-0.3, -0.25) is 19.5 Å². The quantitative estimate of drug-likeness (QED) is 0.167. The first-order valence-corrected chi connectivity index (χ1v) is 17.0. The second-order valence-electron chi connectivity index (χ2n) is 12.6. The number of hydrogen-bond donors (Lipinski definition) is 3. The number of anilines is 1. The number of carbonyl (C=O) groups is 2. The molecule has 0 spiro atoms. The number of methoxy groups -OCH3 is 3. The molecule has 0 aliphatic carbocycles. The van der Waals surface area contributed by atoms with Crippen LogP contribution in [-0.2, 0) is 22.6 Å². The predicted octanol–water partition coefficient (Wildman–Crippen LogP) is 4.88. The molecule has 3 aromatic heterocycles. The second-order valence-corrected chi connectivity index (χ2v) is 13.0. The Labute approximate surface area is 296 Å². The van der Waals surface area contributed by atoms with Gasteiger partial charge in [0.05, 0.1) is 43.4 Å². The lowest BCUT2D eigenvalue weighted by Gasteiger charge is -2.39. The molecule has 2 saturated heterocycles. The fourth-order valence-corrected chi connectivity index (χ4v) is 6.80. The Bertz CT molecular complexity index is 1870. The highest BCUT2D eigenvalue weighted by Crippen LogP contribution is 2.38. The monoisotopic (exact) mass is 699 g/mol. The number of rotatable bonds is 14. The summed E-state index contributed by atoms with van der Waals surface area (Å²) >= 11 is 7.03. The molecule has 50 heavy (non-hydrogen) atoms. The molecule has 13 heteroatoms. The van der Waals surface area contributed by atoms with Crippen LogP contribution in [0.2, 0.25) is 5.02 Å². The van der Waals surface area contributed by atoms with Gasteiger partial charge in [-0.2, -0.15) is 0 Å². The Morgan fingerprint density at radius 1 is 1.06 bits per heavy atom. The lowest BCUT2D eigenvalue weighted by molar-refractivity contribution is -0.119. The van der Waals surface area contributed by atoms with Gasteiger partial charge in [-0.05, 0) is 43.2 Å². The third kappa shape index (κ3) is 7.89.